The smallest absolute Gasteiger partial charge is 0.241 e. The van der Waals surface area contributed by atoms with Gasteiger partial charge in [0.2, 0.25) is 5.95 Å². The van der Waals surface area contributed by atoms with Gasteiger partial charge in [0.1, 0.15) is 0 Å². The molecule has 0 aliphatic carbocycles. The van der Waals surface area contributed by atoms with Crippen LogP contribution in [0.25, 0.3) is 27.8 Å². The maximum absolute atomic E-state index is 5.01. The highest BCUT2D eigenvalue weighted by atomic mass is 16.5. The first kappa shape index (κ1) is 14.5. The van der Waals surface area contributed by atoms with E-state index in [4.69, 9.17) is 4.74 Å². The van der Waals surface area contributed by atoms with Crippen LogP contribution in [-0.4, -0.2) is 44.8 Å². The van der Waals surface area contributed by atoms with Gasteiger partial charge in [-0.1, -0.05) is 0 Å². The summed E-state index contributed by atoms with van der Waals surface area (Å²) in [5, 5.41) is 7.57. The summed E-state index contributed by atoms with van der Waals surface area (Å²) in [6.07, 6.45) is 5.47. The van der Waals surface area contributed by atoms with Crippen LogP contribution in [0.3, 0.4) is 0 Å². The van der Waals surface area contributed by atoms with E-state index < -0.39 is 0 Å². The summed E-state index contributed by atoms with van der Waals surface area (Å²) in [4.78, 5) is 13.4. The minimum absolute atomic E-state index is 0.567. The number of ether oxygens (including phenoxy) is 1. The molecule has 4 rings (SSSR count). The molecular formula is C17H16N6O. The van der Waals surface area contributed by atoms with Crippen LogP contribution in [0, 0.1) is 0 Å². The van der Waals surface area contributed by atoms with Crippen LogP contribution in [0.15, 0.2) is 48.9 Å². The predicted octanol–water partition coefficient (Wildman–Crippen LogP) is 2.40. The number of rotatable bonds is 5. The van der Waals surface area contributed by atoms with E-state index >= 15 is 0 Å². The van der Waals surface area contributed by atoms with Crippen LogP contribution in [0.1, 0.15) is 0 Å². The van der Waals surface area contributed by atoms with Crippen LogP contribution in [-0.2, 0) is 4.74 Å². The van der Waals surface area contributed by atoms with Crippen molar-refractivity contribution in [1.82, 2.24) is 24.6 Å². The van der Waals surface area contributed by atoms with Gasteiger partial charge in [-0.3, -0.25) is 4.98 Å². The van der Waals surface area contributed by atoms with E-state index in [9.17, 15) is 0 Å². The fourth-order valence-electron chi connectivity index (χ4n) is 2.57. The zero-order valence-corrected chi connectivity index (χ0v) is 13.2. The van der Waals surface area contributed by atoms with Crippen molar-refractivity contribution in [2.45, 2.75) is 0 Å². The quantitative estimate of drug-likeness (QED) is 0.569. The largest absolute Gasteiger partial charge is 0.383 e. The summed E-state index contributed by atoms with van der Waals surface area (Å²) >= 11 is 0. The molecule has 7 nitrogen and oxygen atoms in total. The van der Waals surface area contributed by atoms with E-state index in [2.05, 4.69) is 25.4 Å². The maximum atomic E-state index is 5.01. The highest BCUT2D eigenvalue weighted by molar-refractivity contribution is 5.83. The average Bonchev–Trinajstić information content (AvgIpc) is 3.05. The van der Waals surface area contributed by atoms with Crippen molar-refractivity contribution in [3.63, 3.8) is 0 Å². The summed E-state index contributed by atoms with van der Waals surface area (Å²) in [5.41, 5.74) is 4.52. The van der Waals surface area contributed by atoms with Gasteiger partial charge in [-0.25, -0.2) is 14.5 Å². The topological polar surface area (TPSA) is 77.2 Å². The minimum Gasteiger partial charge on any atom is -0.383 e. The molecule has 0 fully saturated rings. The molecule has 0 radical (unpaired) electrons. The molecular weight excluding hydrogens is 304 g/mol. The molecule has 0 saturated heterocycles. The Morgan fingerprint density at radius 3 is 3.00 bits per heavy atom. The summed E-state index contributed by atoms with van der Waals surface area (Å²) in [7, 11) is 1.66. The fourth-order valence-corrected chi connectivity index (χ4v) is 2.57. The first-order valence-electron chi connectivity index (χ1n) is 7.64. The Labute approximate surface area is 138 Å². The zero-order chi connectivity index (χ0) is 16.4. The molecule has 0 spiro atoms. The number of methoxy groups -OCH3 is 1. The summed E-state index contributed by atoms with van der Waals surface area (Å²) in [6, 6.07) is 9.78. The molecule has 0 aromatic carbocycles. The molecule has 4 heterocycles. The molecule has 0 aliphatic heterocycles. The molecule has 0 atom stereocenters. The highest BCUT2D eigenvalue weighted by Crippen LogP contribution is 2.25. The molecule has 24 heavy (non-hydrogen) atoms. The van der Waals surface area contributed by atoms with Gasteiger partial charge in [0.25, 0.3) is 0 Å². The first-order valence-corrected chi connectivity index (χ1v) is 7.64. The summed E-state index contributed by atoms with van der Waals surface area (Å²) in [5.74, 6) is 0.567. The van der Waals surface area contributed by atoms with Crippen molar-refractivity contribution in [2.24, 2.45) is 0 Å². The van der Waals surface area contributed by atoms with Crippen LogP contribution < -0.4 is 5.32 Å². The van der Waals surface area contributed by atoms with Crippen molar-refractivity contribution in [1.29, 1.82) is 0 Å². The van der Waals surface area contributed by atoms with E-state index in [1.165, 1.54) is 0 Å². The van der Waals surface area contributed by atoms with E-state index in [0.29, 0.717) is 19.1 Å². The predicted molar refractivity (Wildman–Crippen MR) is 91.9 cm³/mol. The van der Waals surface area contributed by atoms with Gasteiger partial charge in [0.05, 0.1) is 35.0 Å². The molecule has 4 aromatic rings. The van der Waals surface area contributed by atoms with Gasteiger partial charge in [0, 0.05) is 31.6 Å². The number of nitrogens with zero attached hydrogens (tertiary/aromatic N) is 5. The molecule has 0 saturated carbocycles. The van der Waals surface area contributed by atoms with Crippen molar-refractivity contribution >= 4 is 22.5 Å². The lowest BCUT2D eigenvalue weighted by atomic mass is 10.1. The van der Waals surface area contributed by atoms with E-state index in [-0.39, 0.29) is 0 Å². The zero-order valence-electron chi connectivity index (χ0n) is 13.2. The number of hydrogen-bond acceptors (Lipinski definition) is 6. The lowest BCUT2D eigenvalue weighted by molar-refractivity contribution is 0.210. The number of aromatic nitrogens is 5. The Hall–Kier alpha value is -3.06. The Bertz CT molecular complexity index is 997. The van der Waals surface area contributed by atoms with E-state index in [1.807, 2.05) is 36.5 Å². The average molecular weight is 320 g/mol. The normalized spacial score (nSPS) is 11.2. The van der Waals surface area contributed by atoms with Crippen LogP contribution >= 0.6 is 0 Å². The number of nitrogens with one attached hydrogen (secondary N) is 1. The lowest BCUT2D eigenvalue weighted by Crippen LogP contribution is -2.11. The second kappa shape index (κ2) is 6.21. The third-order valence-electron chi connectivity index (χ3n) is 3.74. The molecule has 0 bridgehead atoms. The molecule has 4 aromatic heterocycles. The van der Waals surface area contributed by atoms with Gasteiger partial charge in [-0.2, -0.15) is 0 Å². The van der Waals surface area contributed by atoms with Crippen molar-refractivity contribution in [3.8, 4) is 11.3 Å². The molecule has 1 N–H and O–H groups in total. The SMILES string of the molecule is COCCNc1ncc2c(-c3ccc4ncccc4n3)ccn2n1. The van der Waals surface area contributed by atoms with Gasteiger partial charge in [-0.05, 0) is 30.3 Å². The molecule has 0 unspecified atom stereocenters. The van der Waals surface area contributed by atoms with Crippen molar-refractivity contribution in [2.75, 3.05) is 25.6 Å². The van der Waals surface area contributed by atoms with Gasteiger partial charge >= 0.3 is 0 Å². The third kappa shape index (κ3) is 2.65. The van der Waals surface area contributed by atoms with Crippen LogP contribution in [0.5, 0.6) is 0 Å². The second-order valence-corrected chi connectivity index (χ2v) is 5.30. The Morgan fingerprint density at radius 1 is 1.12 bits per heavy atom. The molecule has 7 heteroatoms. The van der Waals surface area contributed by atoms with Crippen molar-refractivity contribution < 1.29 is 4.74 Å². The molecule has 120 valence electrons. The van der Waals surface area contributed by atoms with Crippen LogP contribution in [0.4, 0.5) is 5.95 Å². The second-order valence-electron chi connectivity index (χ2n) is 5.30. The summed E-state index contributed by atoms with van der Waals surface area (Å²) < 4.78 is 6.81. The molecule has 0 amide bonds. The minimum atomic E-state index is 0.567. The van der Waals surface area contributed by atoms with Crippen molar-refractivity contribution in [3.05, 3.63) is 48.9 Å². The lowest BCUT2D eigenvalue weighted by Gasteiger charge is -2.05. The maximum Gasteiger partial charge on any atom is 0.241 e. The number of hydrogen-bond donors (Lipinski definition) is 1. The van der Waals surface area contributed by atoms with E-state index in [1.54, 1.807) is 24.0 Å². The highest BCUT2D eigenvalue weighted by Gasteiger charge is 2.09. The summed E-state index contributed by atoms with van der Waals surface area (Å²) in [6.45, 7) is 1.27. The Kier molecular flexibility index (Phi) is 3.76. The third-order valence-corrected chi connectivity index (χ3v) is 3.74. The van der Waals surface area contributed by atoms with Gasteiger partial charge in [-0.15, -0.1) is 5.10 Å². The fraction of sp³-hybridized carbons (Fsp3) is 0.176. The first-order chi connectivity index (χ1) is 11.8. The number of anilines is 1. The Balaban J connectivity index is 1.70. The Morgan fingerprint density at radius 2 is 2.08 bits per heavy atom. The number of pyridine rings is 2. The monoisotopic (exact) mass is 320 g/mol. The van der Waals surface area contributed by atoms with Crippen LogP contribution in [0.2, 0.25) is 0 Å². The van der Waals surface area contributed by atoms with E-state index in [0.717, 1.165) is 27.8 Å². The molecule has 0 aliphatic rings. The van der Waals surface area contributed by atoms with Gasteiger partial charge in [0.15, 0.2) is 0 Å². The standard InChI is InChI=1S/C17H16N6O/c1-24-10-8-19-17-20-11-16-12(6-9-23(16)22-17)13-4-5-14-15(21-13)3-2-7-18-14/h2-7,9,11H,8,10H2,1H3,(H,19,22). The number of fused-ring (bicyclic) bond motifs is 2. The van der Waals surface area contributed by atoms with Gasteiger partial charge < -0.3 is 10.1 Å².